The van der Waals surface area contributed by atoms with E-state index in [1.54, 1.807) is 7.11 Å². The molecule has 0 aliphatic carbocycles. The molecule has 0 fully saturated rings. The molecule has 1 N–H and O–H groups in total. The van der Waals surface area contributed by atoms with Crippen LogP contribution in [0, 0.1) is 0 Å². The van der Waals surface area contributed by atoms with Crippen molar-refractivity contribution in [2.24, 2.45) is 0 Å². The molecular formula is C10H21NO3. The van der Waals surface area contributed by atoms with Gasteiger partial charge in [-0.3, -0.25) is 9.69 Å². The molecule has 0 amide bonds. The van der Waals surface area contributed by atoms with E-state index >= 15 is 0 Å². The maximum atomic E-state index is 11.2. The van der Waals surface area contributed by atoms with Gasteiger partial charge in [-0.25, -0.2) is 0 Å². The van der Waals surface area contributed by atoms with Gasteiger partial charge in [0.2, 0.25) is 0 Å². The van der Waals surface area contributed by atoms with E-state index in [1.807, 2.05) is 25.8 Å². The van der Waals surface area contributed by atoms with Gasteiger partial charge in [-0.1, -0.05) is 13.8 Å². The smallest absolute Gasteiger partial charge is 0.324 e. The van der Waals surface area contributed by atoms with Crippen molar-refractivity contribution < 1.29 is 14.6 Å². The highest BCUT2D eigenvalue weighted by Crippen LogP contribution is 2.22. The van der Waals surface area contributed by atoms with E-state index in [1.165, 1.54) is 0 Å². The van der Waals surface area contributed by atoms with Crippen molar-refractivity contribution in [3.8, 4) is 0 Å². The van der Waals surface area contributed by atoms with Crippen LogP contribution in [0.2, 0.25) is 0 Å². The van der Waals surface area contributed by atoms with Crippen LogP contribution >= 0.6 is 0 Å². The Morgan fingerprint density at radius 1 is 1.43 bits per heavy atom. The Morgan fingerprint density at radius 2 is 1.93 bits per heavy atom. The van der Waals surface area contributed by atoms with Crippen molar-refractivity contribution in [1.29, 1.82) is 0 Å². The van der Waals surface area contributed by atoms with Crippen LogP contribution < -0.4 is 0 Å². The number of ether oxygens (including phenoxy) is 1. The minimum atomic E-state index is -0.749. The largest absolute Gasteiger partial charge is 0.480 e. The molecule has 0 spiro atoms. The van der Waals surface area contributed by atoms with Crippen LogP contribution in [0.3, 0.4) is 0 Å². The van der Waals surface area contributed by atoms with Gasteiger partial charge in [-0.15, -0.1) is 0 Å². The fourth-order valence-electron chi connectivity index (χ4n) is 1.70. The summed E-state index contributed by atoms with van der Waals surface area (Å²) >= 11 is 0. The van der Waals surface area contributed by atoms with E-state index in [0.29, 0.717) is 26.0 Å². The zero-order chi connectivity index (χ0) is 11.2. The van der Waals surface area contributed by atoms with Crippen LogP contribution in [0.25, 0.3) is 0 Å². The third-order valence-electron chi connectivity index (χ3n) is 2.93. The Hall–Kier alpha value is -0.610. The molecule has 0 atom stereocenters. The summed E-state index contributed by atoms with van der Waals surface area (Å²) in [7, 11) is 3.45. The summed E-state index contributed by atoms with van der Waals surface area (Å²) in [6.07, 6.45) is 1.22. The number of carboxylic acid groups (broad SMARTS) is 1. The molecule has 0 unspecified atom stereocenters. The monoisotopic (exact) mass is 203 g/mol. The molecular weight excluding hydrogens is 182 g/mol. The second-order valence-corrected chi connectivity index (χ2v) is 3.46. The number of aliphatic carboxylic acids is 1. The summed E-state index contributed by atoms with van der Waals surface area (Å²) in [5.74, 6) is -0.749. The number of methoxy groups -OCH3 is 1. The zero-order valence-electron chi connectivity index (χ0n) is 9.54. The Bertz CT molecular complexity index is 178. The van der Waals surface area contributed by atoms with Gasteiger partial charge in [-0.2, -0.15) is 0 Å². The first-order valence-electron chi connectivity index (χ1n) is 4.98. The van der Waals surface area contributed by atoms with E-state index < -0.39 is 11.5 Å². The number of rotatable bonds is 7. The van der Waals surface area contributed by atoms with Gasteiger partial charge >= 0.3 is 5.97 Å². The molecule has 0 rings (SSSR count). The van der Waals surface area contributed by atoms with Gasteiger partial charge in [-0.05, 0) is 19.9 Å². The van der Waals surface area contributed by atoms with Crippen molar-refractivity contribution in [2.75, 3.05) is 27.3 Å². The third kappa shape index (κ3) is 2.69. The molecule has 0 heterocycles. The van der Waals surface area contributed by atoms with Crippen molar-refractivity contribution in [3.05, 3.63) is 0 Å². The Labute approximate surface area is 85.9 Å². The minimum absolute atomic E-state index is 0.561. The van der Waals surface area contributed by atoms with E-state index in [0.717, 1.165) is 0 Å². The van der Waals surface area contributed by atoms with Gasteiger partial charge in [0.05, 0.1) is 6.61 Å². The van der Waals surface area contributed by atoms with Gasteiger partial charge in [0.25, 0.3) is 0 Å². The summed E-state index contributed by atoms with van der Waals surface area (Å²) in [5.41, 5.74) is -0.738. The van der Waals surface area contributed by atoms with Crippen LogP contribution in [0.4, 0.5) is 0 Å². The highest BCUT2D eigenvalue weighted by atomic mass is 16.5. The molecule has 4 nitrogen and oxygen atoms in total. The number of hydrogen-bond acceptors (Lipinski definition) is 3. The predicted molar refractivity (Wildman–Crippen MR) is 55.5 cm³/mol. The summed E-state index contributed by atoms with van der Waals surface area (Å²) in [6.45, 7) is 5.01. The second-order valence-electron chi connectivity index (χ2n) is 3.46. The Kier molecular flexibility index (Phi) is 5.72. The molecule has 0 saturated carbocycles. The molecule has 0 aromatic carbocycles. The van der Waals surface area contributed by atoms with E-state index in [4.69, 9.17) is 4.74 Å². The molecule has 0 aliphatic rings. The number of likely N-dealkylation sites (N-methyl/N-ethyl adjacent to an activating group) is 1. The van der Waals surface area contributed by atoms with Gasteiger partial charge in [0.1, 0.15) is 5.54 Å². The minimum Gasteiger partial charge on any atom is -0.480 e. The van der Waals surface area contributed by atoms with Crippen molar-refractivity contribution in [1.82, 2.24) is 4.90 Å². The average molecular weight is 203 g/mol. The first kappa shape index (κ1) is 13.4. The first-order chi connectivity index (χ1) is 6.55. The molecule has 0 aromatic rings. The topological polar surface area (TPSA) is 49.8 Å². The summed E-state index contributed by atoms with van der Waals surface area (Å²) in [5, 5.41) is 9.21. The Balaban J connectivity index is 4.53. The number of carbonyl (C=O) groups is 1. The molecule has 0 aromatic heterocycles. The average Bonchev–Trinajstić information content (AvgIpc) is 2.17. The van der Waals surface area contributed by atoms with Gasteiger partial charge in [0, 0.05) is 13.7 Å². The first-order valence-corrected chi connectivity index (χ1v) is 4.98. The SMILES string of the molecule is CCC(CC)(C(=O)O)N(C)CCOC. The van der Waals surface area contributed by atoms with Crippen LogP contribution in [-0.2, 0) is 9.53 Å². The molecule has 0 saturated heterocycles. The molecule has 0 bridgehead atoms. The van der Waals surface area contributed by atoms with Gasteiger partial charge in [0.15, 0.2) is 0 Å². The lowest BCUT2D eigenvalue weighted by molar-refractivity contribution is -0.151. The van der Waals surface area contributed by atoms with Crippen LogP contribution in [0.15, 0.2) is 0 Å². The predicted octanol–water partition coefficient (Wildman–Crippen LogP) is 1.21. The Morgan fingerprint density at radius 3 is 2.21 bits per heavy atom. The van der Waals surface area contributed by atoms with Crippen LogP contribution in [-0.4, -0.2) is 48.8 Å². The number of carboxylic acids is 1. The maximum absolute atomic E-state index is 11.2. The normalized spacial score (nSPS) is 12.1. The van der Waals surface area contributed by atoms with Crippen molar-refractivity contribution >= 4 is 5.97 Å². The summed E-state index contributed by atoms with van der Waals surface area (Å²) < 4.78 is 4.94. The van der Waals surface area contributed by atoms with Gasteiger partial charge < -0.3 is 9.84 Å². The lowest BCUT2D eigenvalue weighted by Crippen LogP contribution is -2.53. The van der Waals surface area contributed by atoms with Crippen molar-refractivity contribution in [2.45, 2.75) is 32.2 Å². The molecule has 4 heteroatoms. The summed E-state index contributed by atoms with van der Waals surface area (Å²) in [6, 6.07) is 0. The quantitative estimate of drug-likeness (QED) is 0.675. The fraction of sp³-hybridized carbons (Fsp3) is 0.900. The lowest BCUT2D eigenvalue weighted by Gasteiger charge is -2.36. The van der Waals surface area contributed by atoms with E-state index in [2.05, 4.69) is 0 Å². The molecule has 84 valence electrons. The van der Waals surface area contributed by atoms with E-state index in [9.17, 15) is 9.90 Å². The third-order valence-corrected chi connectivity index (χ3v) is 2.93. The second kappa shape index (κ2) is 5.98. The highest BCUT2D eigenvalue weighted by molar-refractivity contribution is 5.78. The maximum Gasteiger partial charge on any atom is 0.324 e. The lowest BCUT2D eigenvalue weighted by atomic mass is 9.91. The fourth-order valence-corrected chi connectivity index (χ4v) is 1.70. The van der Waals surface area contributed by atoms with Crippen LogP contribution in [0.1, 0.15) is 26.7 Å². The summed E-state index contributed by atoms with van der Waals surface area (Å²) in [4.78, 5) is 13.1. The zero-order valence-corrected chi connectivity index (χ0v) is 9.54. The molecule has 0 aliphatic heterocycles. The number of hydrogen-bond donors (Lipinski definition) is 1. The number of nitrogens with zero attached hydrogens (tertiary/aromatic N) is 1. The van der Waals surface area contributed by atoms with Crippen LogP contribution in [0.5, 0.6) is 0 Å². The highest BCUT2D eigenvalue weighted by Gasteiger charge is 2.38. The van der Waals surface area contributed by atoms with E-state index in [-0.39, 0.29) is 0 Å². The molecule has 14 heavy (non-hydrogen) atoms. The standard InChI is InChI=1S/C10H21NO3/c1-5-10(6-2,9(12)13)11(3)7-8-14-4/h5-8H2,1-4H3,(H,12,13). The van der Waals surface area contributed by atoms with Crippen molar-refractivity contribution in [3.63, 3.8) is 0 Å². The molecule has 0 radical (unpaired) electrons.